The van der Waals surface area contributed by atoms with Crippen molar-refractivity contribution in [2.75, 3.05) is 13.2 Å². The van der Waals surface area contributed by atoms with Crippen LogP contribution < -0.4 is 10.5 Å². The van der Waals surface area contributed by atoms with E-state index in [0.717, 1.165) is 42.1 Å². The topological polar surface area (TPSA) is 73.2 Å². The molecule has 1 aliphatic heterocycles. The van der Waals surface area contributed by atoms with Crippen molar-refractivity contribution in [1.82, 2.24) is 10.2 Å². The highest BCUT2D eigenvalue weighted by Crippen LogP contribution is 2.29. The highest BCUT2D eigenvalue weighted by Gasteiger charge is 2.17. The minimum Gasteiger partial charge on any atom is -0.490 e. The van der Waals surface area contributed by atoms with Gasteiger partial charge in [-0.2, -0.15) is 5.10 Å². The van der Waals surface area contributed by atoms with Crippen LogP contribution in [0.3, 0.4) is 0 Å². The third-order valence-electron chi connectivity index (χ3n) is 3.46. The predicted octanol–water partition coefficient (Wildman–Crippen LogP) is 2.09. The van der Waals surface area contributed by atoms with E-state index in [0.29, 0.717) is 13.2 Å². The molecule has 20 heavy (non-hydrogen) atoms. The minimum atomic E-state index is 0.210. The second kappa shape index (κ2) is 6.07. The highest BCUT2D eigenvalue weighted by atomic mass is 16.5. The molecule has 0 bridgehead atoms. The summed E-state index contributed by atoms with van der Waals surface area (Å²) in [5.41, 5.74) is 8.34. The lowest BCUT2D eigenvalue weighted by molar-refractivity contribution is 0.0681. The van der Waals surface area contributed by atoms with Gasteiger partial charge in [-0.15, -0.1) is 0 Å². The molecule has 1 saturated heterocycles. The largest absolute Gasteiger partial charge is 0.490 e. The molecular weight excluding hydrogens is 254 g/mol. The quantitative estimate of drug-likeness (QED) is 0.875. The van der Waals surface area contributed by atoms with Gasteiger partial charge in [-0.1, -0.05) is 12.1 Å². The molecule has 0 aliphatic carbocycles. The first kappa shape index (κ1) is 13.1. The first-order valence-corrected chi connectivity index (χ1v) is 6.95. The summed E-state index contributed by atoms with van der Waals surface area (Å²) in [5, 5.41) is 7.20. The summed E-state index contributed by atoms with van der Waals surface area (Å²) in [5.74, 6) is 0.832. The highest BCUT2D eigenvalue weighted by molar-refractivity contribution is 5.67. The lowest BCUT2D eigenvalue weighted by Crippen LogP contribution is -2.16. The SMILES string of the molecule is NCc1cc(-c2ccccc2OCC2CCCO2)n[nH]1. The number of nitrogens with zero attached hydrogens (tertiary/aromatic N) is 1. The number of hydrogen-bond donors (Lipinski definition) is 2. The monoisotopic (exact) mass is 273 g/mol. The van der Waals surface area contributed by atoms with E-state index in [1.165, 1.54) is 0 Å². The van der Waals surface area contributed by atoms with Gasteiger partial charge in [0.15, 0.2) is 0 Å². The number of rotatable bonds is 5. The molecule has 5 heteroatoms. The standard InChI is InChI=1S/C15H19N3O2/c16-9-11-8-14(18-17-11)13-5-1-2-6-15(13)20-10-12-4-3-7-19-12/h1-2,5-6,8,12H,3-4,7,9-10,16H2,(H,17,18). The fourth-order valence-corrected chi connectivity index (χ4v) is 2.37. The number of aromatic nitrogens is 2. The number of hydrogen-bond acceptors (Lipinski definition) is 4. The summed E-state index contributed by atoms with van der Waals surface area (Å²) in [6.07, 6.45) is 2.40. The summed E-state index contributed by atoms with van der Waals surface area (Å²) in [7, 11) is 0. The van der Waals surface area contributed by atoms with Gasteiger partial charge in [-0.05, 0) is 31.0 Å². The number of benzene rings is 1. The molecule has 0 radical (unpaired) electrons. The zero-order chi connectivity index (χ0) is 13.8. The summed E-state index contributed by atoms with van der Waals surface area (Å²) < 4.78 is 11.5. The van der Waals surface area contributed by atoms with Crippen molar-refractivity contribution in [2.24, 2.45) is 5.73 Å². The van der Waals surface area contributed by atoms with Crippen molar-refractivity contribution in [3.8, 4) is 17.0 Å². The van der Waals surface area contributed by atoms with Crippen LogP contribution in [-0.2, 0) is 11.3 Å². The average molecular weight is 273 g/mol. The molecule has 1 aliphatic rings. The molecule has 0 spiro atoms. The van der Waals surface area contributed by atoms with Crippen molar-refractivity contribution in [3.05, 3.63) is 36.0 Å². The number of ether oxygens (including phenoxy) is 2. The lowest BCUT2D eigenvalue weighted by Gasteiger charge is -2.13. The van der Waals surface area contributed by atoms with Crippen LogP contribution in [0.1, 0.15) is 18.5 Å². The smallest absolute Gasteiger partial charge is 0.128 e. The number of H-pyrrole nitrogens is 1. The summed E-state index contributed by atoms with van der Waals surface area (Å²) in [6, 6.07) is 9.85. The van der Waals surface area contributed by atoms with Crippen LogP contribution >= 0.6 is 0 Å². The maximum atomic E-state index is 5.91. The van der Waals surface area contributed by atoms with Gasteiger partial charge in [0.2, 0.25) is 0 Å². The fourth-order valence-electron chi connectivity index (χ4n) is 2.37. The first-order chi connectivity index (χ1) is 9.86. The molecule has 0 saturated carbocycles. The lowest BCUT2D eigenvalue weighted by atomic mass is 10.1. The Kier molecular flexibility index (Phi) is 3.99. The van der Waals surface area contributed by atoms with Gasteiger partial charge in [0.25, 0.3) is 0 Å². The molecule has 2 heterocycles. The molecular formula is C15H19N3O2. The third kappa shape index (κ3) is 2.84. The van der Waals surface area contributed by atoms with Crippen molar-refractivity contribution < 1.29 is 9.47 Å². The van der Waals surface area contributed by atoms with E-state index < -0.39 is 0 Å². The molecule has 3 rings (SSSR count). The Bertz CT molecular complexity index is 562. The Hall–Kier alpha value is -1.85. The number of aromatic amines is 1. The zero-order valence-electron chi connectivity index (χ0n) is 11.3. The summed E-state index contributed by atoms with van der Waals surface area (Å²) in [6.45, 7) is 1.88. The Balaban J connectivity index is 1.76. The van der Waals surface area contributed by atoms with Gasteiger partial charge in [0, 0.05) is 24.4 Å². The molecule has 3 N–H and O–H groups in total. The maximum absolute atomic E-state index is 5.91. The molecule has 1 aromatic heterocycles. The third-order valence-corrected chi connectivity index (χ3v) is 3.46. The number of nitrogens with one attached hydrogen (secondary N) is 1. The first-order valence-electron chi connectivity index (χ1n) is 6.95. The van der Waals surface area contributed by atoms with Crippen LogP contribution in [0, 0.1) is 0 Å². The molecule has 1 fully saturated rings. The van der Waals surface area contributed by atoms with E-state index >= 15 is 0 Å². The van der Waals surface area contributed by atoms with E-state index in [1.807, 2.05) is 30.3 Å². The molecule has 1 unspecified atom stereocenters. The summed E-state index contributed by atoms with van der Waals surface area (Å²) >= 11 is 0. The summed E-state index contributed by atoms with van der Waals surface area (Å²) in [4.78, 5) is 0. The van der Waals surface area contributed by atoms with Gasteiger partial charge in [-0.25, -0.2) is 0 Å². The van der Waals surface area contributed by atoms with Crippen molar-refractivity contribution >= 4 is 0 Å². The van der Waals surface area contributed by atoms with Gasteiger partial charge >= 0.3 is 0 Å². The number of nitrogens with two attached hydrogens (primary N) is 1. The van der Waals surface area contributed by atoms with E-state index in [1.54, 1.807) is 0 Å². The van der Waals surface area contributed by atoms with Crippen molar-refractivity contribution in [2.45, 2.75) is 25.5 Å². The minimum absolute atomic E-state index is 0.210. The second-order valence-corrected chi connectivity index (χ2v) is 4.92. The van der Waals surface area contributed by atoms with Gasteiger partial charge in [0.05, 0.1) is 11.8 Å². The Labute approximate surface area is 118 Å². The van der Waals surface area contributed by atoms with Crippen LogP contribution in [0.25, 0.3) is 11.3 Å². The van der Waals surface area contributed by atoms with Crippen LogP contribution in [0.4, 0.5) is 0 Å². The van der Waals surface area contributed by atoms with E-state index in [4.69, 9.17) is 15.2 Å². The molecule has 0 amide bonds. The van der Waals surface area contributed by atoms with Crippen LogP contribution in [0.2, 0.25) is 0 Å². The van der Waals surface area contributed by atoms with Gasteiger partial charge in [-0.3, -0.25) is 5.10 Å². The second-order valence-electron chi connectivity index (χ2n) is 4.92. The maximum Gasteiger partial charge on any atom is 0.128 e. The van der Waals surface area contributed by atoms with E-state index in [-0.39, 0.29) is 6.10 Å². The van der Waals surface area contributed by atoms with Crippen molar-refractivity contribution in [3.63, 3.8) is 0 Å². The van der Waals surface area contributed by atoms with Crippen LogP contribution in [0.15, 0.2) is 30.3 Å². The molecule has 1 aromatic carbocycles. The molecule has 5 nitrogen and oxygen atoms in total. The molecule has 106 valence electrons. The zero-order valence-corrected chi connectivity index (χ0v) is 11.3. The number of para-hydroxylation sites is 1. The average Bonchev–Trinajstić information content (AvgIpc) is 3.16. The normalized spacial score (nSPS) is 18.4. The van der Waals surface area contributed by atoms with Crippen LogP contribution in [0.5, 0.6) is 5.75 Å². The Morgan fingerprint density at radius 1 is 1.40 bits per heavy atom. The van der Waals surface area contributed by atoms with E-state index in [2.05, 4.69) is 10.2 Å². The van der Waals surface area contributed by atoms with Crippen LogP contribution in [-0.4, -0.2) is 29.5 Å². The Morgan fingerprint density at radius 3 is 3.05 bits per heavy atom. The van der Waals surface area contributed by atoms with Gasteiger partial charge in [0.1, 0.15) is 12.4 Å². The van der Waals surface area contributed by atoms with Gasteiger partial charge < -0.3 is 15.2 Å². The Morgan fingerprint density at radius 2 is 2.30 bits per heavy atom. The van der Waals surface area contributed by atoms with E-state index in [9.17, 15) is 0 Å². The van der Waals surface area contributed by atoms with Crippen molar-refractivity contribution in [1.29, 1.82) is 0 Å². The predicted molar refractivity (Wildman–Crippen MR) is 76.4 cm³/mol. The fraction of sp³-hybridized carbons (Fsp3) is 0.400. The molecule has 1 atom stereocenters. The molecule has 2 aromatic rings.